The lowest BCUT2D eigenvalue weighted by Gasteiger charge is -2.02. The Morgan fingerprint density at radius 2 is 1.86 bits per heavy atom. The summed E-state index contributed by atoms with van der Waals surface area (Å²) in [5, 5.41) is 2.27. The lowest BCUT2D eigenvalue weighted by atomic mass is 10.2. The molecule has 0 aromatic carbocycles. The molecule has 0 amide bonds. The number of aldehydes is 1. The van der Waals surface area contributed by atoms with E-state index in [0.717, 1.165) is 11.8 Å². The number of nitrogens with zero attached hydrogens (tertiary/aromatic N) is 4. The van der Waals surface area contributed by atoms with E-state index in [1.807, 2.05) is 6.07 Å². The standard InChI is InChI=1S/C20H12Cl2N4O2S/c21-14-2-4-17(25-11-14)29-20-18(12-1-3-16(5-6-27)24-9-12)26-19(28-20)13-7-15(22)10-23-8-13/h1-4,6-11H,5H2. The molecule has 0 fully saturated rings. The highest BCUT2D eigenvalue weighted by Crippen LogP contribution is 2.38. The number of halogens is 2. The molecule has 0 bridgehead atoms. The van der Waals surface area contributed by atoms with Gasteiger partial charge in [0.2, 0.25) is 5.89 Å². The minimum Gasteiger partial charge on any atom is -0.429 e. The van der Waals surface area contributed by atoms with E-state index in [4.69, 9.17) is 27.6 Å². The van der Waals surface area contributed by atoms with Crippen LogP contribution in [0, 0.1) is 0 Å². The van der Waals surface area contributed by atoms with Gasteiger partial charge in [0.05, 0.1) is 15.6 Å². The zero-order valence-electron chi connectivity index (χ0n) is 14.8. The molecule has 144 valence electrons. The van der Waals surface area contributed by atoms with Crippen molar-refractivity contribution >= 4 is 41.2 Å². The Bertz CT molecular complexity index is 1150. The summed E-state index contributed by atoms with van der Waals surface area (Å²) in [6, 6.07) is 8.91. The Morgan fingerprint density at radius 3 is 2.55 bits per heavy atom. The molecule has 4 heterocycles. The number of carbonyl (C=O) groups excluding carboxylic acids is 1. The largest absolute Gasteiger partial charge is 0.429 e. The third-order valence-corrected chi connectivity index (χ3v) is 5.18. The van der Waals surface area contributed by atoms with Gasteiger partial charge in [-0.25, -0.2) is 9.97 Å². The number of aromatic nitrogens is 4. The monoisotopic (exact) mass is 442 g/mol. The molecule has 0 N–H and O–H groups in total. The second-order valence-electron chi connectivity index (χ2n) is 5.87. The molecule has 0 aliphatic carbocycles. The third-order valence-electron chi connectivity index (χ3n) is 3.84. The first-order valence-corrected chi connectivity index (χ1v) is 10.00. The number of carbonyl (C=O) groups is 1. The first-order valence-electron chi connectivity index (χ1n) is 8.42. The van der Waals surface area contributed by atoms with Gasteiger partial charge in [0.15, 0.2) is 5.09 Å². The summed E-state index contributed by atoms with van der Waals surface area (Å²) in [6.45, 7) is 0. The van der Waals surface area contributed by atoms with Crippen LogP contribution in [0.1, 0.15) is 5.69 Å². The Hall–Kier alpha value is -2.74. The van der Waals surface area contributed by atoms with E-state index in [2.05, 4.69) is 19.9 Å². The Kier molecular flexibility index (Phi) is 5.89. The highest BCUT2D eigenvalue weighted by Gasteiger charge is 2.19. The van der Waals surface area contributed by atoms with Crippen LogP contribution in [0.15, 0.2) is 69.7 Å². The first-order chi connectivity index (χ1) is 14.1. The molecule has 0 atom stereocenters. The summed E-state index contributed by atoms with van der Waals surface area (Å²) < 4.78 is 6.02. The minimum atomic E-state index is 0.259. The van der Waals surface area contributed by atoms with Crippen molar-refractivity contribution in [1.82, 2.24) is 19.9 Å². The van der Waals surface area contributed by atoms with E-state index in [1.165, 1.54) is 18.0 Å². The van der Waals surface area contributed by atoms with Gasteiger partial charge < -0.3 is 9.21 Å². The zero-order valence-corrected chi connectivity index (χ0v) is 17.1. The van der Waals surface area contributed by atoms with Crippen molar-refractivity contribution in [2.45, 2.75) is 16.5 Å². The van der Waals surface area contributed by atoms with Crippen molar-refractivity contribution in [3.8, 4) is 22.7 Å². The van der Waals surface area contributed by atoms with Crippen LogP contribution in [0.2, 0.25) is 10.0 Å². The van der Waals surface area contributed by atoms with E-state index in [1.54, 1.807) is 42.9 Å². The van der Waals surface area contributed by atoms with E-state index in [9.17, 15) is 4.79 Å². The van der Waals surface area contributed by atoms with Crippen molar-refractivity contribution in [3.05, 3.63) is 70.9 Å². The molecule has 0 saturated carbocycles. The van der Waals surface area contributed by atoms with Crippen molar-refractivity contribution in [1.29, 1.82) is 0 Å². The molecule has 0 aliphatic rings. The maximum Gasteiger partial charge on any atom is 0.229 e. The molecule has 0 aliphatic heterocycles. The molecular weight excluding hydrogens is 431 g/mol. The highest BCUT2D eigenvalue weighted by molar-refractivity contribution is 7.99. The van der Waals surface area contributed by atoms with Crippen LogP contribution >= 0.6 is 35.0 Å². The molecule has 0 saturated heterocycles. The topological polar surface area (TPSA) is 81.8 Å². The minimum absolute atomic E-state index is 0.259. The molecule has 4 aromatic rings. The van der Waals surface area contributed by atoms with Crippen LogP contribution in [0.3, 0.4) is 0 Å². The fraction of sp³-hybridized carbons (Fsp3) is 0.0500. The molecule has 29 heavy (non-hydrogen) atoms. The summed E-state index contributed by atoms with van der Waals surface area (Å²) in [7, 11) is 0. The van der Waals surface area contributed by atoms with E-state index in [0.29, 0.717) is 43.0 Å². The number of oxazole rings is 1. The summed E-state index contributed by atoms with van der Waals surface area (Å²) in [4.78, 5) is 28.0. The van der Waals surface area contributed by atoms with E-state index in [-0.39, 0.29) is 6.42 Å². The maximum atomic E-state index is 10.7. The number of hydrogen-bond donors (Lipinski definition) is 0. The smallest absolute Gasteiger partial charge is 0.229 e. The molecule has 0 radical (unpaired) electrons. The van der Waals surface area contributed by atoms with Crippen LogP contribution in [0.5, 0.6) is 0 Å². The van der Waals surface area contributed by atoms with Crippen LogP contribution < -0.4 is 0 Å². The Morgan fingerprint density at radius 1 is 0.966 bits per heavy atom. The molecule has 0 spiro atoms. The van der Waals surface area contributed by atoms with Gasteiger partial charge in [-0.05, 0) is 42.1 Å². The third kappa shape index (κ3) is 4.64. The zero-order chi connectivity index (χ0) is 20.2. The van der Waals surface area contributed by atoms with Gasteiger partial charge >= 0.3 is 0 Å². The van der Waals surface area contributed by atoms with Crippen LogP contribution in [0.4, 0.5) is 0 Å². The quantitative estimate of drug-likeness (QED) is 0.370. The van der Waals surface area contributed by atoms with Crippen molar-refractivity contribution in [2.75, 3.05) is 0 Å². The average Bonchev–Trinajstić information content (AvgIpc) is 3.14. The lowest BCUT2D eigenvalue weighted by molar-refractivity contribution is -0.107. The number of hydrogen-bond acceptors (Lipinski definition) is 7. The SMILES string of the molecule is O=CCc1ccc(-c2nc(-c3cncc(Cl)c3)oc2Sc2ccc(Cl)cn2)cn1. The summed E-state index contributed by atoms with van der Waals surface area (Å²) in [5.41, 5.74) is 2.69. The molecular formula is C20H12Cl2N4O2S. The molecule has 4 aromatic heterocycles. The number of rotatable bonds is 6. The van der Waals surface area contributed by atoms with Crippen LogP contribution in [-0.4, -0.2) is 26.2 Å². The Labute approximate surface area is 180 Å². The molecule has 4 rings (SSSR count). The van der Waals surface area contributed by atoms with E-state index < -0.39 is 0 Å². The Balaban J connectivity index is 1.76. The fourth-order valence-electron chi connectivity index (χ4n) is 2.50. The van der Waals surface area contributed by atoms with E-state index >= 15 is 0 Å². The van der Waals surface area contributed by atoms with Gasteiger partial charge in [0.25, 0.3) is 0 Å². The van der Waals surface area contributed by atoms with Gasteiger partial charge in [-0.1, -0.05) is 23.2 Å². The van der Waals surface area contributed by atoms with Crippen molar-refractivity contribution < 1.29 is 9.21 Å². The fourth-order valence-corrected chi connectivity index (χ4v) is 3.60. The highest BCUT2D eigenvalue weighted by atomic mass is 35.5. The van der Waals surface area contributed by atoms with Gasteiger partial charge in [0, 0.05) is 42.5 Å². The second-order valence-corrected chi connectivity index (χ2v) is 7.74. The second kappa shape index (κ2) is 8.73. The van der Waals surface area contributed by atoms with Crippen LogP contribution in [0.25, 0.3) is 22.7 Å². The summed E-state index contributed by atoms with van der Waals surface area (Å²) in [5.74, 6) is 0.378. The molecule has 6 nitrogen and oxygen atoms in total. The van der Waals surface area contributed by atoms with Crippen molar-refractivity contribution in [2.24, 2.45) is 0 Å². The molecule has 9 heteroatoms. The van der Waals surface area contributed by atoms with Gasteiger partial charge in [0.1, 0.15) is 17.0 Å². The normalized spacial score (nSPS) is 10.8. The first kappa shape index (κ1) is 19.6. The van der Waals surface area contributed by atoms with Gasteiger partial charge in [-0.15, -0.1) is 0 Å². The van der Waals surface area contributed by atoms with Gasteiger partial charge in [-0.2, -0.15) is 0 Å². The average molecular weight is 443 g/mol. The lowest BCUT2D eigenvalue weighted by Crippen LogP contribution is -1.91. The predicted molar refractivity (Wildman–Crippen MR) is 111 cm³/mol. The van der Waals surface area contributed by atoms with Crippen molar-refractivity contribution in [3.63, 3.8) is 0 Å². The number of pyridine rings is 3. The molecule has 0 unspecified atom stereocenters. The summed E-state index contributed by atoms with van der Waals surface area (Å²) >= 11 is 13.3. The summed E-state index contributed by atoms with van der Waals surface area (Å²) in [6.07, 6.45) is 7.47. The van der Waals surface area contributed by atoms with Gasteiger partial charge in [-0.3, -0.25) is 9.97 Å². The van der Waals surface area contributed by atoms with Crippen LogP contribution in [-0.2, 0) is 11.2 Å². The maximum absolute atomic E-state index is 10.7. The predicted octanol–water partition coefficient (Wildman–Crippen LogP) is 5.39.